The quantitative estimate of drug-likeness (QED) is 0.526. The number of ketones is 1. The first-order chi connectivity index (χ1) is 15.9. The zero-order chi connectivity index (χ0) is 23.4. The van der Waals surface area contributed by atoms with Gasteiger partial charge in [0.25, 0.3) is 5.91 Å². The zero-order valence-electron chi connectivity index (χ0n) is 18.9. The van der Waals surface area contributed by atoms with Crippen molar-refractivity contribution in [2.24, 2.45) is 5.92 Å². The summed E-state index contributed by atoms with van der Waals surface area (Å²) in [6.07, 6.45) is 4.80. The van der Waals surface area contributed by atoms with Gasteiger partial charge in [0.1, 0.15) is 0 Å². The second-order valence-corrected chi connectivity index (χ2v) is 10.4. The van der Waals surface area contributed by atoms with Crippen molar-refractivity contribution in [3.8, 4) is 0 Å². The Morgan fingerprint density at radius 3 is 2.55 bits per heavy atom. The molecule has 1 aromatic carbocycles. The van der Waals surface area contributed by atoms with E-state index in [2.05, 4.69) is 48.3 Å². The van der Waals surface area contributed by atoms with Gasteiger partial charge in [-0.2, -0.15) is 5.10 Å². The number of benzene rings is 1. The maximum atomic E-state index is 12.7. The molecule has 2 aromatic rings. The number of piperidine rings is 2. The Hall–Kier alpha value is -1.74. The molecule has 33 heavy (non-hydrogen) atoms. The number of halogens is 2. The highest BCUT2D eigenvalue weighted by Crippen LogP contribution is 2.25. The molecule has 1 amide bonds. The molecule has 9 heteroatoms. The minimum absolute atomic E-state index is 0.0833. The van der Waals surface area contributed by atoms with Crippen LogP contribution in [-0.4, -0.2) is 77.5 Å². The summed E-state index contributed by atoms with van der Waals surface area (Å²) in [5, 5.41) is 10.4. The van der Waals surface area contributed by atoms with Crippen molar-refractivity contribution in [2.75, 3.05) is 39.8 Å². The predicted molar refractivity (Wildman–Crippen MR) is 133 cm³/mol. The fourth-order valence-electron chi connectivity index (χ4n) is 4.78. The van der Waals surface area contributed by atoms with Crippen molar-refractivity contribution in [3.63, 3.8) is 0 Å². The van der Waals surface area contributed by atoms with Crippen LogP contribution in [0.1, 0.15) is 52.2 Å². The molecule has 0 unspecified atom stereocenters. The number of nitrogens with one attached hydrogen (secondary N) is 2. The van der Waals surface area contributed by atoms with Crippen molar-refractivity contribution in [1.82, 2.24) is 25.3 Å². The molecule has 0 atom stereocenters. The average Bonchev–Trinajstić information content (AvgIpc) is 3.18. The van der Waals surface area contributed by atoms with Gasteiger partial charge in [-0.05, 0) is 92.9 Å². The normalized spacial score (nSPS) is 19.0. The van der Waals surface area contributed by atoms with Crippen LogP contribution in [0.15, 0.2) is 28.7 Å². The standard InChI is InChI=1S/C24H31BrClN5O2/c1-30-10-8-17(9-11-30)31-12-6-16(7-13-31)15-27-24(33)23-22(25)20(28-29-23)14-21(32)18-4-2-3-5-19(18)26/h2-5,16-17H,6-15H2,1H3,(H,27,33)(H,28,29). The van der Waals surface area contributed by atoms with Crippen LogP contribution >= 0.6 is 27.5 Å². The van der Waals surface area contributed by atoms with Crippen molar-refractivity contribution in [1.29, 1.82) is 0 Å². The van der Waals surface area contributed by atoms with E-state index in [1.165, 1.54) is 25.9 Å². The van der Waals surface area contributed by atoms with Gasteiger partial charge in [0.15, 0.2) is 11.5 Å². The number of rotatable bonds is 7. The van der Waals surface area contributed by atoms with E-state index >= 15 is 0 Å². The number of hydrogen-bond donors (Lipinski definition) is 2. The fourth-order valence-corrected chi connectivity index (χ4v) is 5.52. The van der Waals surface area contributed by atoms with Crippen LogP contribution < -0.4 is 5.32 Å². The Labute approximate surface area is 208 Å². The average molecular weight is 537 g/mol. The van der Waals surface area contributed by atoms with E-state index in [4.69, 9.17) is 11.6 Å². The molecule has 0 radical (unpaired) electrons. The summed E-state index contributed by atoms with van der Waals surface area (Å²) in [6.45, 7) is 5.23. The molecule has 2 fully saturated rings. The second kappa shape index (κ2) is 11.1. The molecule has 178 valence electrons. The number of Topliss-reactive ketones (excluding diaryl/α,β-unsaturated/α-hetero) is 1. The molecule has 2 aliphatic heterocycles. The number of hydrogen-bond acceptors (Lipinski definition) is 5. The van der Waals surface area contributed by atoms with Gasteiger partial charge in [0, 0.05) is 18.2 Å². The highest BCUT2D eigenvalue weighted by atomic mass is 79.9. The number of aromatic amines is 1. The molecule has 2 aliphatic rings. The van der Waals surface area contributed by atoms with Crippen LogP contribution in [0.2, 0.25) is 5.02 Å². The predicted octanol–water partition coefficient (Wildman–Crippen LogP) is 3.79. The molecular weight excluding hydrogens is 506 g/mol. The lowest BCUT2D eigenvalue weighted by Gasteiger charge is -2.41. The fraction of sp³-hybridized carbons (Fsp3) is 0.542. The molecule has 2 N–H and O–H groups in total. The molecule has 3 heterocycles. The van der Waals surface area contributed by atoms with Gasteiger partial charge >= 0.3 is 0 Å². The summed E-state index contributed by atoms with van der Waals surface area (Å²) in [7, 11) is 2.20. The van der Waals surface area contributed by atoms with Crippen LogP contribution in [0.4, 0.5) is 0 Å². The summed E-state index contributed by atoms with van der Waals surface area (Å²) >= 11 is 9.57. The molecule has 4 rings (SSSR count). The van der Waals surface area contributed by atoms with Gasteiger partial charge in [-0.3, -0.25) is 14.7 Å². The van der Waals surface area contributed by atoms with Crippen molar-refractivity contribution < 1.29 is 9.59 Å². The first-order valence-electron chi connectivity index (χ1n) is 11.6. The van der Waals surface area contributed by atoms with Crippen molar-refractivity contribution in [2.45, 2.75) is 38.1 Å². The van der Waals surface area contributed by atoms with E-state index in [1.807, 2.05) is 0 Å². The van der Waals surface area contributed by atoms with Gasteiger partial charge in [-0.25, -0.2) is 0 Å². The van der Waals surface area contributed by atoms with E-state index in [1.54, 1.807) is 24.3 Å². The number of nitrogens with zero attached hydrogens (tertiary/aromatic N) is 3. The van der Waals surface area contributed by atoms with Crippen LogP contribution in [0, 0.1) is 5.92 Å². The maximum absolute atomic E-state index is 12.7. The minimum atomic E-state index is -0.229. The van der Waals surface area contributed by atoms with E-state index in [9.17, 15) is 9.59 Å². The maximum Gasteiger partial charge on any atom is 0.272 e. The number of likely N-dealkylation sites (tertiary alicyclic amines) is 2. The molecule has 2 saturated heterocycles. The van der Waals surface area contributed by atoms with Gasteiger partial charge in [-0.15, -0.1) is 0 Å². The third kappa shape index (κ3) is 6.04. The topological polar surface area (TPSA) is 81.3 Å². The SMILES string of the molecule is CN1CCC(N2CCC(CNC(=O)c3n[nH]c(CC(=O)c4ccccc4Cl)c3Br)CC2)CC1. The molecule has 7 nitrogen and oxygen atoms in total. The van der Waals surface area contributed by atoms with Crippen LogP contribution in [0.5, 0.6) is 0 Å². The Balaban J connectivity index is 1.25. The minimum Gasteiger partial charge on any atom is -0.350 e. The van der Waals surface area contributed by atoms with E-state index < -0.39 is 0 Å². The lowest BCUT2D eigenvalue weighted by atomic mass is 9.93. The Bertz CT molecular complexity index is 981. The lowest BCUT2D eigenvalue weighted by Crippen LogP contribution is -2.48. The number of aromatic nitrogens is 2. The first-order valence-corrected chi connectivity index (χ1v) is 12.8. The summed E-state index contributed by atoms with van der Waals surface area (Å²) in [5.74, 6) is 0.121. The molecule has 1 aromatic heterocycles. The van der Waals surface area contributed by atoms with Crippen LogP contribution in [0.25, 0.3) is 0 Å². The summed E-state index contributed by atoms with van der Waals surface area (Å²) in [5.41, 5.74) is 1.30. The largest absolute Gasteiger partial charge is 0.350 e. The number of H-pyrrole nitrogens is 1. The van der Waals surface area contributed by atoms with Crippen LogP contribution in [-0.2, 0) is 6.42 Å². The Kier molecular flexibility index (Phi) is 8.22. The van der Waals surface area contributed by atoms with Gasteiger partial charge in [-0.1, -0.05) is 23.7 Å². The number of carbonyl (C=O) groups excluding carboxylic acids is 2. The summed E-state index contributed by atoms with van der Waals surface area (Å²) in [6, 6.07) is 7.66. The molecule has 0 bridgehead atoms. The lowest BCUT2D eigenvalue weighted by molar-refractivity contribution is 0.0811. The van der Waals surface area contributed by atoms with Gasteiger partial charge in [0.2, 0.25) is 0 Å². The third-order valence-electron chi connectivity index (χ3n) is 6.91. The molecular formula is C24H31BrClN5O2. The van der Waals surface area contributed by atoms with Gasteiger partial charge in [0.05, 0.1) is 21.6 Å². The van der Waals surface area contributed by atoms with Gasteiger partial charge < -0.3 is 15.1 Å². The number of carbonyl (C=O) groups is 2. The second-order valence-electron chi connectivity index (χ2n) is 9.17. The number of amides is 1. The van der Waals surface area contributed by atoms with Crippen molar-refractivity contribution >= 4 is 39.2 Å². The highest BCUT2D eigenvalue weighted by Gasteiger charge is 2.28. The van der Waals surface area contributed by atoms with E-state index in [0.717, 1.165) is 25.9 Å². The van der Waals surface area contributed by atoms with E-state index in [0.29, 0.717) is 39.3 Å². The highest BCUT2D eigenvalue weighted by molar-refractivity contribution is 9.10. The first kappa shape index (κ1) is 24.4. The summed E-state index contributed by atoms with van der Waals surface area (Å²) < 4.78 is 0.525. The monoisotopic (exact) mass is 535 g/mol. The third-order valence-corrected chi connectivity index (χ3v) is 8.09. The molecule has 0 saturated carbocycles. The molecule has 0 spiro atoms. The Morgan fingerprint density at radius 1 is 1.15 bits per heavy atom. The Morgan fingerprint density at radius 2 is 1.85 bits per heavy atom. The molecule has 0 aliphatic carbocycles. The van der Waals surface area contributed by atoms with Crippen LogP contribution in [0.3, 0.4) is 0 Å². The zero-order valence-corrected chi connectivity index (χ0v) is 21.3. The smallest absolute Gasteiger partial charge is 0.272 e. The van der Waals surface area contributed by atoms with E-state index in [-0.39, 0.29) is 23.8 Å². The summed E-state index contributed by atoms with van der Waals surface area (Å²) in [4.78, 5) is 30.4. The van der Waals surface area contributed by atoms with Crippen molar-refractivity contribution in [3.05, 3.63) is 50.7 Å².